The number of thioether (sulfide) groups is 1. The lowest BCUT2D eigenvalue weighted by molar-refractivity contribution is 0.189. The van der Waals surface area contributed by atoms with Crippen molar-refractivity contribution in [2.75, 3.05) is 40.3 Å². The molecule has 31 heavy (non-hydrogen) atoms. The fourth-order valence-corrected chi connectivity index (χ4v) is 3.78. The van der Waals surface area contributed by atoms with Crippen molar-refractivity contribution in [3.8, 4) is 28.6 Å². The second-order valence-electron chi connectivity index (χ2n) is 6.50. The third kappa shape index (κ3) is 5.89. The second kappa shape index (κ2) is 11.6. The van der Waals surface area contributed by atoms with Crippen LogP contribution in [0.3, 0.4) is 0 Å². The molecule has 0 aliphatic heterocycles. The standard InChI is InChI=1S/C22H26FN3O4S/c1-27-12-6-11-26-21(16-9-10-19(28-2)20(15-16)29-3)24-25-22(26)31-14-13-30-18-8-5-4-7-17(18)23/h4-5,7-10,15H,6,11-14H2,1-3H3. The first kappa shape index (κ1) is 22.9. The molecular formula is C22H26FN3O4S. The molecule has 0 saturated heterocycles. The minimum Gasteiger partial charge on any atom is -0.493 e. The van der Waals surface area contributed by atoms with E-state index in [1.807, 2.05) is 22.8 Å². The lowest BCUT2D eigenvalue weighted by Crippen LogP contribution is -2.07. The Labute approximate surface area is 185 Å². The van der Waals surface area contributed by atoms with Gasteiger partial charge in [0.1, 0.15) is 0 Å². The molecule has 0 aliphatic rings. The van der Waals surface area contributed by atoms with Crippen LogP contribution in [0, 0.1) is 5.82 Å². The summed E-state index contributed by atoms with van der Waals surface area (Å²) in [7, 11) is 4.88. The predicted octanol–water partition coefficient (Wildman–Crippen LogP) is 4.31. The van der Waals surface area contributed by atoms with E-state index in [1.165, 1.54) is 17.8 Å². The molecule has 9 heteroatoms. The summed E-state index contributed by atoms with van der Waals surface area (Å²) in [6.45, 7) is 1.67. The van der Waals surface area contributed by atoms with Crippen molar-refractivity contribution in [3.05, 3.63) is 48.3 Å². The van der Waals surface area contributed by atoms with Gasteiger partial charge < -0.3 is 23.5 Å². The van der Waals surface area contributed by atoms with Crippen LogP contribution >= 0.6 is 11.8 Å². The number of rotatable bonds is 12. The number of aromatic nitrogens is 3. The highest BCUT2D eigenvalue weighted by atomic mass is 32.2. The number of methoxy groups -OCH3 is 3. The van der Waals surface area contributed by atoms with Crippen molar-refractivity contribution in [3.63, 3.8) is 0 Å². The molecule has 0 unspecified atom stereocenters. The van der Waals surface area contributed by atoms with E-state index in [0.717, 1.165) is 23.0 Å². The molecular weight excluding hydrogens is 421 g/mol. The Balaban J connectivity index is 1.74. The molecule has 0 bridgehead atoms. The van der Waals surface area contributed by atoms with Crippen molar-refractivity contribution >= 4 is 11.8 Å². The van der Waals surface area contributed by atoms with Gasteiger partial charge in [0.05, 0.1) is 20.8 Å². The summed E-state index contributed by atoms with van der Waals surface area (Å²) >= 11 is 1.51. The van der Waals surface area contributed by atoms with E-state index in [1.54, 1.807) is 39.5 Å². The number of hydrogen-bond donors (Lipinski definition) is 0. The van der Waals surface area contributed by atoms with Gasteiger partial charge in [-0.25, -0.2) is 4.39 Å². The van der Waals surface area contributed by atoms with Gasteiger partial charge in [0, 0.05) is 31.6 Å². The molecule has 0 saturated carbocycles. The normalized spacial score (nSPS) is 10.8. The highest BCUT2D eigenvalue weighted by Gasteiger charge is 2.16. The monoisotopic (exact) mass is 447 g/mol. The molecule has 0 atom stereocenters. The van der Waals surface area contributed by atoms with Crippen molar-refractivity contribution in [1.82, 2.24) is 14.8 Å². The summed E-state index contributed by atoms with van der Waals surface area (Å²) in [4.78, 5) is 0. The van der Waals surface area contributed by atoms with Crippen LogP contribution in [0.1, 0.15) is 6.42 Å². The lowest BCUT2D eigenvalue weighted by atomic mass is 10.2. The minimum absolute atomic E-state index is 0.246. The zero-order chi connectivity index (χ0) is 22.1. The van der Waals surface area contributed by atoms with Gasteiger partial charge in [-0.05, 0) is 36.8 Å². The molecule has 7 nitrogen and oxygen atoms in total. The van der Waals surface area contributed by atoms with Gasteiger partial charge in [0.2, 0.25) is 0 Å². The van der Waals surface area contributed by atoms with Gasteiger partial charge in [-0.1, -0.05) is 23.9 Å². The molecule has 0 aliphatic carbocycles. The third-order valence-electron chi connectivity index (χ3n) is 4.50. The third-order valence-corrected chi connectivity index (χ3v) is 5.43. The van der Waals surface area contributed by atoms with Crippen LogP contribution in [0.25, 0.3) is 11.4 Å². The fraction of sp³-hybridized carbons (Fsp3) is 0.364. The average molecular weight is 448 g/mol. The molecule has 0 spiro atoms. The van der Waals surface area contributed by atoms with E-state index >= 15 is 0 Å². The van der Waals surface area contributed by atoms with Gasteiger partial charge in [-0.2, -0.15) is 0 Å². The lowest BCUT2D eigenvalue weighted by Gasteiger charge is -2.12. The largest absolute Gasteiger partial charge is 0.493 e. The fourth-order valence-electron chi connectivity index (χ4n) is 3.00. The second-order valence-corrected chi connectivity index (χ2v) is 7.56. The van der Waals surface area contributed by atoms with Crippen molar-refractivity contribution in [1.29, 1.82) is 0 Å². The average Bonchev–Trinajstić information content (AvgIpc) is 3.20. The number of benzene rings is 2. The quantitative estimate of drug-likeness (QED) is 0.303. The maximum atomic E-state index is 13.7. The molecule has 1 heterocycles. The van der Waals surface area contributed by atoms with Gasteiger partial charge >= 0.3 is 0 Å². The number of hydrogen-bond acceptors (Lipinski definition) is 7. The van der Waals surface area contributed by atoms with Crippen LogP contribution < -0.4 is 14.2 Å². The number of para-hydroxylation sites is 1. The molecule has 0 amide bonds. The molecule has 3 rings (SSSR count). The SMILES string of the molecule is COCCCn1c(SCCOc2ccccc2F)nnc1-c1ccc(OC)c(OC)c1. The van der Waals surface area contributed by atoms with Crippen LogP contribution in [0.4, 0.5) is 4.39 Å². The topological polar surface area (TPSA) is 67.6 Å². The Bertz CT molecular complexity index is 983. The number of ether oxygens (including phenoxy) is 4. The van der Waals surface area contributed by atoms with Gasteiger partial charge in [0.15, 0.2) is 34.0 Å². The smallest absolute Gasteiger partial charge is 0.191 e. The van der Waals surface area contributed by atoms with Crippen molar-refractivity contribution in [2.24, 2.45) is 0 Å². The van der Waals surface area contributed by atoms with Crippen LogP contribution in [0.5, 0.6) is 17.2 Å². The summed E-state index contributed by atoms with van der Waals surface area (Å²) in [5.41, 5.74) is 0.872. The summed E-state index contributed by atoms with van der Waals surface area (Å²) in [5, 5.41) is 9.53. The Morgan fingerprint density at radius 1 is 0.935 bits per heavy atom. The van der Waals surface area contributed by atoms with Crippen molar-refractivity contribution in [2.45, 2.75) is 18.1 Å². The summed E-state index contributed by atoms with van der Waals surface area (Å²) in [5.74, 6) is 2.48. The Kier molecular flexibility index (Phi) is 8.54. The predicted molar refractivity (Wildman–Crippen MR) is 118 cm³/mol. The zero-order valence-corrected chi connectivity index (χ0v) is 18.7. The Morgan fingerprint density at radius 3 is 2.48 bits per heavy atom. The molecule has 0 fully saturated rings. The summed E-state index contributed by atoms with van der Waals surface area (Å²) in [6, 6.07) is 12.0. The first-order valence-corrected chi connectivity index (χ1v) is 10.8. The maximum absolute atomic E-state index is 13.7. The van der Waals surface area contributed by atoms with E-state index in [2.05, 4.69) is 10.2 Å². The highest BCUT2D eigenvalue weighted by Crippen LogP contribution is 2.33. The Morgan fingerprint density at radius 2 is 1.74 bits per heavy atom. The maximum Gasteiger partial charge on any atom is 0.191 e. The van der Waals surface area contributed by atoms with E-state index in [4.69, 9.17) is 18.9 Å². The number of halogens is 1. The molecule has 1 aromatic heterocycles. The van der Waals surface area contributed by atoms with Gasteiger partial charge in [-0.3, -0.25) is 0 Å². The highest BCUT2D eigenvalue weighted by molar-refractivity contribution is 7.99. The van der Waals surface area contributed by atoms with Crippen LogP contribution in [-0.2, 0) is 11.3 Å². The summed E-state index contributed by atoms with van der Waals surface area (Å²) < 4.78 is 37.2. The zero-order valence-electron chi connectivity index (χ0n) is 17.8. The van der Waals surface area contributed by atoms with Gasteiger partial charge in [0.25, 0.3) is 0 Å². The first-order valence-electron chi connectivity index (χ1n) is 9.82. The molecule has 3 aromatic rings. The molecule has 0 N–H and O–H groups in total. The van der Waals surface area contributed by atoms with Crippen LogP contribution in [0.15, 0.2) is 47.6 Å². The van der Waals surface area contributed by atoms with E-state index in [0.29, 0.717) is 37.0 Å². The van der Waals surface area contributed by atoms with Crippen molar-refractivity contribution < 1.29 is 23.3 Å². The Hall–Kier alpha value is -2.78. The van der Waals surface area contributed by atoms with Crippen LogP contribution in [-0.4, -0.2) is 55.1 Å². The molecule has 0 radical (unpaired) electrons. The van der Waals surface area contributed by atoms with E-state index in [9.17, 15) is 4.39 Å². The first-order chi connectivity index (χ1) is 15.2. The summed E-state index contributed by atoms with van der Waals surface area (Å²) in [6.07, 6.45) is 0.814. The molecule has 2 aromatic carbocycles. The molecule has 166 valence electrons. The number of nitrogens with zero attached hydrogens (tertiary/aromatic N) is 3. The van der Waals surface area contributed by atoms with Gasteiger partial charge in [-0.15, -0.1) is 10.2 Å². The van der Waals surface area contributed by atoms with E-state index in [-0.39, 0.29) is 11.6 Å². The minimum atomic E-state index is -0.369. The van der Waals surface area contributed by atoms with E-state index < -0.39 is 0 Å². The van der Waals surface area contributed by atoms with Crippen LogP contribution in [0.2, 0.25) is 0 Å².